The third-order valence-electron chi connectivity index (χ3n) is 5.40. The van der Waals surface area contributed by atoms with Crippen molar-refractivity contribution in [2.24, 2.45) is 0 Å². The number of alkyl halides is 3. The number of anilines is 2. The van der Waals surface area contributed by atoms with E-state index in [1.807, 2.05) is 4.90 Å². The predicted octanol–water partition coefficient (Wildman–Crippen LogP) is 4.20. The summed E-state index contributed by atoms with van der Waals surface area (Å²) in [6, 6.07) is 10.1. The van der Waals surface area contributed by atoms with Gasteiger partial charge in [0.1, 0.15) is 11.9 Å². The Balaban J connectivity index is 1.28. The van der Waals surface area contributed by atoms with Crippen molar-refractivity contribution in [3.05, 3.63) is 53.1 Å². The lowest BCUT2D eigenvalue weighted by Crippen LogP contribution is -2.53. The molecule has 2 aromatic rings. The number of amides is 3. The van der Waals surface area contributed by atoms with E-state index in [1.165, 1.54) is 12.1 Å². The highest BCUT2D eigenvalue weighted by Gasteiger charge is 2.33. The molecule has 3 amide bonds. The van der Waals surface area contributed by atoms with Gasteiger partial charge in [0.05, 0.1) is 19.0 Å². The zero-order valence-corrected chi connectivity index (χ0v) is 18.3. The Kier molecular flexibility index (Phi) is 6.56. The molecule has 34 heavy (non-hydrogen) atoms. The fraction of sp³-hybridized carbons (Fsp3) is 0.318. The van der Waals surface area contributed by atoms with Crippen LogP contribution in [0.25, 0.3) is 0 Å². The SMILES string of the molecule is O=C1CCC(c2ccc(N3CC(OC(=O)Nc4cccc(OC(F)(F)F)c4)C3)cc2Cl)C(=O)N1. The Labute approximate surface area is 196 Å². The van der Waals surface area contributed by atoms with Crippen LogP contribution >= 0.6 is 11.6 Å². The van der Waals surface area contributed by atoms with Crippen molar-refractivity contribution in [3.63, 3.8) is 0 Å². The number of benzene rings is 2. The number of hydrogen-bond acceptors (Lipinski definition) is 6. The van der Waals surface area contributed by atoms with Crippen LogP contribution in [-0.4, -0.2) is 43.5 Å². The molecule has 180 valence electrons. The van der Waals surface area contributed by atoms with Crippen LogP contribution in [0, 0.1) is 0 Å². The van der Waals surface area contributed by atoms with Crippen LogP contribution < -0.4 is 20.3 Å². The summed E-state index contributed by atoms with van der Waals surface area (Å²) in [7, 11) is 0. The van der Waals surface area contributed by atoms with Crippen LogP contribution in [0.4, 0.5) is 29.3 Å². The highest BCUT2D eigenvalue weighted by atomic mass is 35.5. The molecule has 2 aromatic carbocycles. The van der Waals surface area contributed by atoms with Crippen molar-refractivity contribution >= 4 is 40.9 Å². The first kappa shape index (κ1) is 23.7. The maximum Gasteiger partial charge on any atom is 0.573 e. The van der Waals surface area contributed by atoms with Gasteiger partial charge in [-0.2, -0.15) is 0 Å². The topological polar surface area (TPSA) is 97.0 Å². The molecule has 4 rings (SSSR count). The number of piperidine rings is 1. The zero-order valence-electron chi connectivity index (χ0n) is 17.5. The average molecular weight is 498 g/mol. The minimum Gasteiger partial charge on any atom is -0.442 e. The van der Waals surface area contributed by atoms with Crippen LogP contribution in [-0.2, 0) is 14.3 Å². The van der Waals surface area contributed by atoms with Gasteiger partial charge in [0.2, 0.25) is 11.8 Å². The summed E-state index contributed by atoms with van der Waals surface area (Å²) in [6.07, 6.45) is -5.43. The first-order valence-corrected chi connectivity index (χ1v) is 10.7. The number of nitrogens with zero attached hydrogens (tertiary/aromatic N) is 1. The normalized spacial score (nSPS) is 18.7. The molecule has 8 nitrogen and oxygen atoms in total. The van der Waals surface area contributed by atoms with E-state index >= 15 is 0 Å². The Bertz CT molecular complexity index is 1120. The standard InChI is InChI=1S/C22H19ClF3N3O5/c23-18-9-13(4-5-16(18)17-6-7-19(30)28-20(17)31)29-10-15(11-29)33-21(32)27-12-2-1-3-14(8-12)34-22(24,25)26/h1-5,8-9,15,17H,6-7,10-11H2,(H,27,32)(H,28,30,31). The second-order valence-electron chi connectivity index (χ2n) is 7.84. The van der Waals surface area contributed by atoms with E-state index in [9.17, 15) is 27.6 Å². The second kappa shape index (κ2) is 9.41. The van der Waals surface area contributed by atoms with Crippen LogP contribution in [0.5, 0.6) is 5.75 Å². The number of imide groups is 1. The molecule has 2 fully saturated rings. The minimum absolute atomic E-state index is 0.0961. The Morgan fingerprint density at radius 3 is 2.59 bits per heavy atom. The summed E-state index contributed by atoms with van der Waals surface area (Å²) in [4.78, 5) is 37.4. The molecule has 0 aliphatic carbocycles. The molecule has 1 atom stereocenters. The molecule has 2 aliphatic rings. The molecule has 2 saturated heterocycles. The van der Waals surface area contributed by atoms with Crippen molar-refractivity contribution in [1.82, 2.24) is 5.32 Å². The van der Waals surface area contributed by atoms with Crippen molar-refractivity contribution in [2.75, 3.05) is 23.3 Å². The highest BCUT2D eigenvalue weighted by Crippen LogP contribution is 2.34. The maximum absolute atomic E-state index is 12.3. The molecule has 12 heteroatoms. The zero-order chi connectivity index (χ0) is 24.5. The Morgan fingerprint density at radius 2 is 1.91 bits per heavy atom. The molecule has 0 saturated carbocycles. The number of hydrogen-bond donors (Lipinski definition) is 2. The molecule has 2 heterocycles. The van der Waals surface area contributed by atoms with Gasteiger partial charge in [-0.1, -0.05) is 23.7 Å². The van der Waals surface area contributed by atoms with E-state index in [1.54, 1.807) is 18.2 Å². The van der Waals surface area contributed by atoms with E-state index in [2.05, 4.69) is 15.4 Å². The molecule has 1 unspecified atom stereocenters. The van der Waals surface area contributed by atoms with Gasteiger partial charge in [-0.3, -0.25) is 20.2 Å². The van der Waals surface area contributed by atoms with E-state index in [0.717, 1.165) is 17.8 Å². The monoisotopic (exact) mass is 497 g/mol. The number of nitrogens with one attached hydrogen (secondary N) is 2. The van der Waals surface area contributed by atoms with E-state index in [0.29, 0.717) is 30.1 Å². The summed E-state index contributed by atoms with van der Waals surface area (Å²) in [5, 5.41) is 5.08. The lowest BCUT2D eigenvalue weighted by Gasteiger charge is -2.40. The van der Waals surface area contributed by atoms with Gasteiger partial charge in [-0.15, -0.1) is 13.2 Å². The number of ether oxygens (including phenoxy) is 2. The van der Waals surface area contributed by atoms with Gasteiger partial charge in [0.25, 0.3) is 0 Å². The number of rotatable bonds is 5. The summed E-state index contributed by atoms with van der Waals surface area (Å²) >= 11 is 6.39. The summed E-state index contributed by atoms with van der Waals surface area (Å²) in [6.45, 7) is 0.775. The molecular formula is C22H19ClF3N3O5. The van der Waals surface area contributed by atoms with E-state index in [-0.39, 0.29) is 23.9 Å². The van der Waals surface area contributed by atoms with Crippen molar-refractivity contribution in [2.45, 2.75) is 31.2 Å². The lowest BCUT2D eigenvalue weighted by atomic mass is 9.90. The quantitative estimate of drug-likeness (QED) is 0.601. The largest absolute Gasteiger partial charge is 0.573 e. The second-order valence-corrected chi connectivity index (χ2v) is 8.25. The van der Waals surface area contributed by atoms with Gasteiger partial charge in [-0.25, -0.2) is 4.79 Å². The first-order chi connectivity index (χ1) is 16.1. The number of carbonyl (C=O) groups is 3. The average Bonchev–Trinajstić information content (AvgIpc) is 2.70. The van der Waals surface area contributed by atoms with Gasteiger partial charge in [-0.05, 0) is 36.2 Å². The maximum atomic E-state index is 12.3. The van der Waals surface area contributed by atoms with Crippen molar-refractivity contribution in [3.8, 4) is 5.75 Å². The predicted molar refractivity (Wildman–Crippen MR) is 116 cm³/mol. The fourth-order valence-corrected chi connectivity index (χ4v) is 4.09. The van der Waals surface area contributed by atoms with Gasteiger partial charge >= 0.3 is 12.5 Å². The van der Waals surface area contributed by atoms with Gasteiger partial charge in [0.15, 0.2) is 0 Å². The van der Waals surface area contributed by atoms with Crippen LogP contribution in [0.3, 0.4) is 0 Å². The van der Waals surface area contributed by atoms with E-state index < -0.39 is 30.2 Å². The fourth-order valence-electron chi connectivity index (χ4n) is 3.78. The molecule has 2 aliphatic heterocycles. The smallest absolute Gasteiger partial charge is 0.442 e. The third-order valence-corrected chi connectivity index (χ3v) is 5.73. The third kappa shape index (κ3) is 5.71. The van der Waals surface area contributed by atoms with E-state index in [4.69, 9.17) is 16.3 Å². The van der Waals surface area contributed by atoms with Crippen LogP contribution in [0.2, 0.25) is 5.02 Å². The lowest BCUT2D eigenvalue weighted by molar-refractivity contribution is -0.274. The highest BCUT2D eigenvalue weighted by molar-refractivity contribution is 6.32. The molecule has 0 aromatic heterocycles. The Hall–Kier alpha value is -3.47. The molecule has 2 N–H and O–H groups in total. The molecule has 0 radical (unpaired) electrons. The number of halogens is 4. The van der Waals surface area contributed by atoms with Crippen LogP contribution in [0.15, 0.2) is 42.5 Å². The molecule has 0 spiro atoms. The molecular weight excluding hydrogens is 479 g/mol. The summed E-state index contributed by atoms with van der Waals surface area (Å²) in [5.74, 6) is -1.62. The Morgan fingerprint density at radius 1 is 1.15 bits per heavy atom. The summed E-state index contributed by atoms with van der Waals surface area (Å²) in [5.41, 5.74) is 1.51. The van der Waals surface area contributed by atoms with Crippen molar-refractivity contribution in [1.29, 1.82) is 0 Å². The van der Waals surface area contributed by atoms with Gasteiger partial charge < -0.3 is 14.4 Å². The summed E-state index contributed by atoms with van der Waals surface area (Å²) < 4.78 is 46.1. The number of carbonyl (C=O) groups excluding carboxylic acids is 3. The van der Waals surface area contributed by atoms with Crippen LogP contribution in [0.1, 0.15) is 24.3 Å². The first-order valence-electron chi connectivity index (χ1n) is 10.3. The minimum atomic E-state index is -4.84. The van der Waals surface area contributed by atoms with Crippen molar-refractivity contribution < 1.29 is 37.0 Å². The molecule has 0 bridgehead atoms. The van der Waals surface area contributed by atoms with Gasteiger partial charge in [0, 0.05) is 28.9 Å².